The molecule has 158 valence electrons. The first-order chi connectivity index (χ1) is 14.4. The van der Waals surface area contributed by atoms with Crippen LogP contribution in [-0.2, 0) is 10.0 Å². The van der Waals surface area contributed by atoms with Crippen LogP contribution in [0.2, 0.25) is 5.02 Å². The standard InChI is InChI=1S/C20H21ClN4O4S/c1-29-19-6-5-16(30(27,28)24-8-3-2-4-9-24)13-17(19)22-20(26)18-12-15-11-14(21)7-10-25(15)23-18/h5-7,10-13H,2-4,8-9H2,1H3,(H,22,26). The van der Waals surface area contributed by atoms with Crippen LogP contribution in [0.25, 0.3) is 5.52 Å². The van der Waals surface area contributed by atoms with Crippen LogP contribution in [0.1, 0.15) is 29.8 Å². The lowest BCUT2D eigenvalue weighted by atomic mass is 10.2. The number of carbonyl (C=O) groups excluding carboxylic acids is 1. The zero-order valence-electron chi connectivity index (χ0n) is 16.3. The number of benzene rings is 1. The minimum Gasteiger partial charge on any atom is -0.495 e. The van der Waals surface area contributed by atoms with Crippen LogP contribution in [0.15, 0.2) is 47.5 Å². The SMILES string of the molecule is COc1ccc(S(=O)(=O)N2CCCCC2)cc1NC(=O)c1cc2cc(Cl)ccn2n1. The molecule has 4 rings (SSSR count). The number of halogens is 1. The summed E-state index contributed by atoms with van der Waals surface area (Å²) in [6.07, 6.45) is 4.37. The molecule has 1 fully saturated rings. The largest absolute Gasteiger partial charge is 0.495 e. The third kappa shape index (κ3) is 4.00. The first kappa shape index (κ1) is 20.6. The van der Waals surface area contributed by atoms with E-state index in [4.69, 9.17) is 16.3 Å². The molecule has 8 nitrogen and oxygen atoms in total. The van der Waals surface area contributed by atoms with Gasteiger partial charge in [0.1, 0.15) is 5.75 Å². The number of ether oxygens (including phenoxy) is 1. The fourth-order valence-electron chi connectivity index (χ4n) is 3.46. The van der Waals surface area contributed by atoms with Gasteiger partial charge >= 0.3 is 0 Å². The highest BCUT2D eigenvalue weighted by Crippen LogP contribution is 2.30. The molecule has 1 aliphatic rings. The van der Waals surface area contributed by atoms with Crippen molar-refractivity contribution in [2.24, 2.45) is 0 Å². The smallest absolute Gasteiger partial charge is 0.276 e. The Balaban J connectivity index is 1.63. The van der Waals surface area contributed by atoms with Crippen LogP contribution in [0.4, 0.5) is 5.69 Å². The van der Waals surface area contributed by atoms with Crippen molar-refractivity contribution >= 4 is 38.7 Å². The Morgan fingerprint density at radius 3 is 2.63 bits per heavy atom. The van der Waals surface area contributed by atoms with Gasteiger partial charge in [0, 0.05) is 24.3 Å². The number of sulfonamides is 1. The molecule has 0 saturated carbocycles. The third-order valence-electron chi connectivity index (χ3n) is 5.03. The molecule has 1 amide bonds. The Kier molecular flexibility index (Phi) is 5.68. The van der Waals surface area contributed by atoms with Crippen molar-refractivity contribution in [3.8, 4) is 5.75 Å². The summed E-state index contributed by atoms with van der Waals surface area (Å²) >= 11 is 5.98. The molecular formula is C20H21ClN4O4S. The van der Waals surface area contributed by atoms with Crippen LogP contribution in [-0.4, -0.2) is 48.4 Å². The minimum atomic E-state index is -3.64. The lowest BCUT2D eigenvalue weighted by Crippen LogP contribution is -2.35. The van der Waals surface area contributed by atoms with Gasteiger partial charge in [-0.25, -0.2) is 12.9 Å². The van der Waals surface area contributed by atoms with E-state index in [1.807, 2.05) is 0 Å². The molecule has 1 saturated heterocycles. The van der Waals surface area contributed by atoms with Gasteiger partial charge in [0.25, 0.3) is 5.91 Å². The normalized spacial score (nSPS) is 15.3. The van der Waals surface area contributed by atoms with E-state index in [0.29, 0.717) is 29.4 Å². The molecule has 0 atom stereocenters. The molecule has 3 aromatic rings. The van der Waals surface area contributed by atoms with Gasteiger partial charge in [-0.15, -0.1) is 0 Å². The second kappa shape index (κ2) is 8.25. The summed E-state index contributed by atoms with van der Waals surface area (Å²) in [5.41, 5.74) is 1.10. The molecule has 10 heteroatoms. The maximum Gasteiger partial charge on any atom is 0.276 e. The lowest BCUT2D eigenvalue weighted by molar-refractivity contribution is 0.102. The van der Waals surface area contributed by atoms with Crippen molar-refractivity contribution in [2.75, 3.05) is 25.5 Å². The van der Waals surface area contributed by atoms with Gasteiger partial charge in [0.2, 0.25) is 10.0 Å². The summed E-state index contributed by atoms with van der Waals surface area (Å²) in [6, 6.07) is 9.41. The summed E-state index contributed by atoms with van der Waals surface area (Å²) in [7, 11) is -2.19. The van der Waals surface area contributed by atoms with Gasteiger partial charge < -0.3 is 10.1 Å². The van der Waals surface area contributed by atoms with Crippen molar-refractivity contribution in [1.29, 1.82) is 0 Å². The zero-order valence-corrected chi connectivity index (χ0v) is 17.9. The number of hydrogen-bond donors (Lipinski definition) is 1. The lowest BCUT2D eigenvalue weighted by Gasteiger charge is -2.26. The van der Waals surface area contributed by atoms with Crippen LogP contribution in [0, 0.1) is 0 Å². The fraction of sp³-hybridized carbons (Fsp3) is 0.300. The molecule has 3 heterocycles. The average Bonchev–Trinajstić information content (AvgIpc) is 3.17. The number of carbonyl (C=O) groups is 1. The van der Waals surface area contributed by atoms with E-state index in [2.05, 4.69) is 10.4 Å². The van der Waals surface area contributed by atoms with Crippen LogP contribution in [0.3, 0.4) is 0 Å². The molecule has 2 aromatic heterocycles. The number of pyridine rings is 1. The van der Waals surface area contributed by atoms with Crippen LogP contribution in [0.5, 0.6) is 5.75 Å². The average molecular weight is 449 g/mol. The van der Waals surface area contributed by atoms with Gasteiger partial charge in [0.05, 0.1) is 23.2 Å². The maximum atomic E-state index is 13.0. The van der Waals surface area contributed by atoms with Crippen LogP contribution < -0.4 is 10.1 Å². The van der Waals surface area contributed by atoms with E-state index < -0.39 is 15.9 Å². The quantitative estimate of drug-likeness (QED) is 0.645. The maximum absolute atomic E-state index is 13.0. The number of rotatable bonds is 5. The molecule has 0 bridgehead atoms. The van der Waals surface area contributed by atoms with Crippen molar-refractivity contribution in [3.05, 3.63) is 53.3 Å². The molecule has 0 spiro atoms. The number of anilines is 1. The molecule has 0 radical (unpaired) electrons. The number of aromatic nitrogens is 2. The van der Waals surface area contributed by atoms with Crippen LogP contribution >= 0.6 is 11.6 Å². The first-order valence-electron chi connectivity index (χ1n) is 9.53. The molecule has 1 N–H and O–H groups in total. The number of nitrogens with zero attached hydrogens (tertiary/aromatic N) is 3. The van der Waals surface area contributed by atoms with Gasteiger partial charge in [-0.1, -0.05) is 18.0 Å². The number of fused-ring (bicyclic) bond motifs is 1. The predicted molar refractivity (Wildman–Crippen MR) is 114 cm³/mol. The van der Waals surface area contributed by atoms with Crippen molar-refractivity contribution in [1.82, 2.24) is 13.9 Å². The number of piperidine rings is 1. The summed E-state index contributed by atoms with van der Waals surface area (Å²) in [4.78, 5) is 12.9. The number of amides is 1. The van der Waals surface area contributed by atoms with Crippen molar-refractivity contribution in [3.63, 3.8) is 0 Å². The Hall–Kier alpha value is -2.62. The summed E-state index contributed by atoms with van der Waals surface area (Å²) in [5.74, 6) is -0.131. The predicted octanol–water partition coefficient (Wildman–Crippen LogP) is 3.42. The topological polar surface area (TPSA) is 93.0 Å². The molecule has 1 aromatic carbocycles. The number of methoxy groups -OCH3 is 1. The van der Waals surface area contributed by atoms with E-state index in [-0.39, 0.29) is 16.3 Å². The fourth-order valence-corrected chi connectivity index (χ4v) is 5.18. The first-order valence-corrected chi connectivity index (χ1v) is 11.3. The van der Waals surface area contributed by atoms with Gasteiger partial charge in [-0.3, -0.25) is 4.79 Å². The number of nitrogens with one attached hydrogen (secondary N) is 1. The Morgan fingerprint density at radius 2 is 1.90 bits per heavy atom. The van der Waals surface area contributed by atoms with E-state index in [1.165, 1.54) is 34.1 Å². The van der Waals surface area contributed by atoms with E-state index >= 15 is 0 Å². The highest BCUT2D eigenvalue weighted by molar-refractivity contribution is 7.89. The molecule has 1 aliphatic heterocycles. The second-order valence-electron chi connectivity index (χ2n) is 7.02. The molecule has 0 unspecified atom stereocenters. The number of hydrogen-bond acceptors (Lipinski definition) is 5. The van der Waals surface area contributed by atoms with E-state index in [9.17, 15) is 13.2 Å². The highest BCUT2D eigenvalue weighted by atomic mass is 35.5. The Morgan fingerprint density at radius 1 is 1.13 bits per heavy atom. The highest BCUT2D eigenvalue weighted by Gasteiger charge is 2.27. The third-order valence-corrected chi connectivity index (χ3v) is 7.16. The molecule has 0 aliphatic carbocycles. The monoisotopic (exact) mass is 448 g/mol. The Bertz CT molecular complexity index is 1200. The second-order valence-corrected chi connectivity index (χ2v) is 9.40. The minimum absolute atomic E-state index is 0.113. The van der Waals surface area contributed by atoms with E-state index in [0.717, 1.165) is 19.3 Å². The van der Waals surface area contributed by atoms with Crippen molar-refractivity contribution < 1.29 is 17.9 Å². The zero-order chi connectivity index (χ0) is 21.3. The molecule has 30 heavy (non-hydrogen) atoms. The van der Waals surface area contributed by atoms with Gasteiger partial charge in [-0.05, 0) is 49.2 Å². The van der Waals surface area contributed by atoms with Gasteiger partial charge in [0.15, 0.2) is 5.69 Å². The van der Waals surface area contributed by atoms with Gasteiger partial charge in [-0.2, -0.15) is 9.40 Å². The summed E-state index contributed by atoms with van der Waals surface area (Å²) in [6.45, 7) is 1.000. The Labute approximate surface area is 179 Å². The molecular weight excluding hydrogens is 428 g/mol. The van der Waals surface area contributed by atoms with E-state index in [1.54, 1.807) is 24.4 Å². The summed E-state index contributed by atoms with van der Waals surface area (Å²) in [5, 5.41) is 7.48. The van der Waals surface area contributed by atoms with Crippen molar-refractivity contribution in [2.45, 2.75) is 24.2 Å². The summed E-state index contributed by atoms with van der Waals surface area (Å²) < 4.78 is 34.3.